The molecule has 2 saturated heterocycles. The third-order valence-corrected chi connectivity index (χ3v) is 6.79. The van der Waals surface area contributed by atoms with E-state index in [-0.39, 0.29) is 24.6 Å². The van der Waals surface area contributed by atoms with Crippen molar-refractivity contribution in [3.05, 3.63) is 35.5 Å². The van der Waals surface area contributed by atoms with E-state index < -0.39 is 6.17 Å². The average Bonchev–Trinajstić information content (AvgIpc) is 3.20. The second-order valence-corrected chi connectivity index (χ2v) is 9.19. The minimum atomic E-state index is -0.899. The quantitative estimate of drug-likeness (QED) is 0.562. The summed E-state index contributed by atoms with van der Waals surface area (Å²) in [4.78, 5) is 13.1. The molecule has 0 unspecified atom stereocenters. The number of ether oxygens (including phenoxy) is 2. The number of halogens is 1. The van der Waals surface area contributed by atoms with Crippen molar-refractivity contribution in [2.45, 2.75) is 31.5 Å². The Morgan fingerprint density at radius 1 is 1.15 bits per heavy atom. The molecule has 34 heavy (non-hydrogen) atoms. The SMILES string of the molecule is COc1nc(N2CC(OCCO)C2)cc(-n2ncc3cc(C)c([C@@H]4CCN(C)C[C@@H]4F)cc32)n1. The lowest BCUT2D eigenvalue weighted by Gasteiger charge is -2.39. The van der Waals surface area contributed by atoms with Crippen LogP contribution in [-0.4, -0.2) is 95.6 Å². The van der Waals surface area contributed by atoms with Crippen molar-refractivity contribution in [2.75, 3.05) is 58.5 Å². The summed E-state index contributed by atoms with van der Waals surface area (Å²) in [6, 6.07) is 6.28. The van der Waals surface area contributed by atoms with Crippen molar-refractivity contribution >= 4 is 16.7 Å². The lowest BCUT2D eigenvalue weighted by molar-refractivity contribution is 0.0132. The Hall–Kier alpha value is -2.82. The standard InChI is InChI=1S/C24H31FN6O3/c1-15-8-16-11-26-31(21(16)9-19(15)18-4-5-29(2)14-20(18)25)23-10-22(27-24(28-23)33-3)30-12-17(13-30)34-7-6-32/h8-11,17-18,20,32H,4-7,12-14H2,1-3H3/t18-,20-/m0/s1. The van der Waals surface area contributed by atoms with Gasteiger partial charge in [0.05, 0.1) is 38.1 Å². The molecule has 1 aromatic carbocycles. The number of aryl methyl sites for hydroxylation is 1. The number of aliphatic hydroxyl groups is 1. The Morgan fingerprint density at radius 3 is 2.68 bits per heavy atom. The van der Waals surface area contributed by atoms with Crippen molar-refractivity contribution in [2.24, 2.45) is 0 Å². The number of benzene rings is 1. The van der Waals surface area contributed by atoms with Gasteiger partial charge in [-0.1, -0.05) is 0 Å². The summed E-state index contributed by atoms with van der Waals surface area (Å²) in [5.74, 6) is 1.18. The van der Waals surface area contributed by atoms with E-state index in [1.165, 1.54) is 7.11 Å². The largest absolute Gasteiger partial charge is 0.467 e. The molecule has 10 heteroatoms. The fraction of sp³-hybridized carbons (Fsp3) is 0.542. The number of aliphatic hydroxyl groups excluding tert-OH is 1. The summed E-state index contributed by atoms with van der Waals surface area (Å²) in [6.45, 7) is 5.07. The number of fused-ring (bicyclic) bond motifs is 1. The average molecular weight is 471 g/mol. The highest BCUT2D eigenvalue weighted by Gasteiger charge is 2.31. The molecule has 2 aliphatic rings. The normalized spacial score (nSPS) is 21.7. The topological polar surface area (TPSA) is 88.8 Å². The molecular weight excluding hydrogens is 439 g/mol. The van der Waals surface area contributed by atoms with Gasteiger partial charge < -0.3 is 24.4 Å². The van der Waals surface area contributed by atoms with Gasteiger partial charge >= 0.3 is 6.01 Å². The van der Waals surface area contributed by atoms with E-state index in [9.17, 15) is 4.39 Å². The Labute approximate surface area is 198 Å². The summed E-state index contributed by atoms with van der Waals surface area (Å²) in [5, 5.41) is 14.5. The van der Waals surface area contributed by atoms with Crippen molar-refractivity contribution in [3.8, 4) is 11.8 Å². The van der Waals surface area contributed by atoms with Gasteiger partial charge in [0.15, 0.2) is 5.82 Å². The highest BCUT2D eigenvalue weighted by molar-refractivity contribution is 5.82. The minimum Gasteiger partial charge on any atom is -0.467 e. The zero-order valence-electron chi connectivity index (χ0n) is 19.8. The first-order valence-electron chi connectivity index (χ1n) is 11.7. The van der Waals surface area contributed by atoms with Gasteiger partial charge in [0, 0.05) is 37.0 Å². The van der Waals surface area contributed by atoms with Gasteiger partial charge in [-0.05, 0) is 50.2 Å². The maximum Gasteiger partial charge on any atom is 0.320 e. The maximum absolute atomic E-state index is 15.0. The number of rotatable bonds is 7. The number of hydrogen-bond acceptors (Lipinski definition) is 8. The predicted octanol–water partition coefficient (Wildman–Crippen LogP) is 2.09. The van der Waals surface area contributed by atoms with Crippen molar-refractivity contribution in [1.29, 1.82) is 0 Å². The molecule has 4 heterocycles. The van der Waals surface area contributed by atoms with Gasteiger partial charge in [0.1, 0.15) is 12.0 Å². The fourth-order valence-corrected chi connectivity index (χ4v) is 4.91. The smallest absolute Gasteiger partial charge is 0.320 e. The lowest BCUT2D eigenvalue weighted by Crippen LogP contribution is -2.53. The second kappa shape index (κ2) is 9.44. The summed E-state index contributed by atoms with van der Waals surface area (Å²) in [5.41, 5.74) is 2.99. The number of methoxy groups -OCH3 is 1. The van der Waals surface area contributed by atoms with Gasteiger partial charge in [-0.3, -0.25) is 0 Å². The molecule has 0 bridgehead atoms. The Morgan fingerprint density at radius 2 is 1.94 bits per heavy atom. The summed E-state index contributed by atoms with van der Waals surface area (Å²) in [7, 11) is 3.50. The highest BCUT2D eigenvalue weighted by atomic mass is 19.1. The molecular formula is C24H31FN6O3. The van der Waals surface area contributed by atoms with Crippen molar-refractivity contribution in [3.63, 3.8) is 0 Å². The molecule has 5 rings (SSSR count). The number of hydrogen-bond donors (Lipinski definition) is 1. The fourth-order valence-electron chi connectivity index (χ4n) is 4.91. The maximum atomic E-state index is 15.0. The Balaban J connectivity index is 1.48. The number of anilines is 1. The van der Waals surface area contributed by atoms with Crippen LogP contribution in [0, 0.1) is 6.92 Å². The van der Waals surface area contributed by atoms with Crippen LogP contribution in [0.1, 0.15) is 23.5 Å². The van der Waals surface area contributed by atoms with E-state index in [1.54, 1.807) is 4.68 Å². The highest BCUT2D eigenvalue weighted by Crippen LogP contribution is 2.35. The van der Waals surface area contributed by atoms with E-state index >= 15 is 0 Å². The number of alkyl halides is 1. The first kappa shape index (κ1) is 22.9. The van der Waals surface area contributed by atoms with Gasteiger partial charge in [-0.25, -0.2) is 9.07 Å². The summed E-state index contributed by atoms with van der Waals surface area (Å²) >= 11 is 0. The van der Waals surface area contributed by atoms with Crippen LogP contribution in [0.3, 0.4) is 0 Å². The van der Waals surface area contributed by atoms with E-state index in [1.807, 2.05) is 31.1 Å². The molecule has 2 aromatic heterocycles. The van der Waals surface area contributed by atoms with Crippen LogP contribution >= 0.6 is 0 Å². The van der Waals surface area contributed by atoms with Crippen LogP contribution in [0.15, 0.2) is 24.4 Å². The Kier molecular flexibility index (Phi) is 6.37. The molecule has 0 spiro atoms. The van der Waals surface area contributed by atoms with Crippen molar-refractivity contribution < 1.29 is 19.0 Å². The van der Waals surface area contributed by atoms with E-state index in [2.05, 4.69) is 32.1 Å². The first-order chi connectivity index (χ1) is 16.5. The summed E-state index contributed by atoms with van der Waals surface area (Å²) < 4.78 is 27.7. The molecule has 0 radical (unpaired) electrons. The lowest BCUT2D eigenvalue weighted by atomic mass is 9.85. The predicted molar refractivity (Wildman–Crippen MR) is 127 cm³/mol. The van der Waals surface area contributed by atoms with Gasteiger partial charge in [0.25, 0.3) is 0 Å². The van der Waals surface area contributed by atoms with E-state index in [4.69, 9.17) is 14.6 Å². The molecule has 0 amide bonds. The third kappa shape index (κ3) is 4.33. The molecule has 2 fully saturated rings. The Bertz CT molecular complexity index is 1170. The van der Waals surface area contributed by atoms with Crippen LogP contribution in [0.25, 0.3) is 16.7 Å². The monoisotopic (exact) mass is 470 g/mol. The molecule has 182 valence electrons. The number of nitrogens with zero attached hydrogens (tertiary/aromatic N) is 6. The van der Waals surface area contributed by atoms with Gasteiger partial charge in [-0.15, -0.1) is 0 Å². The summed E-state index contributed by atoms with van der Waals surface area (Å²) in [6.07, 6.45) is 1.77. The molecule has 2 aliphatic heterocycles. The molecule has 1 N–H and O–H groups in total. The van der Waals surface area contributed by atoms with Crippen LogP contribution in [0.2, 0.25) is 0 Å². The molecule has 0 aliphatic carbocycles. The number of piperidine rings is 1. The van der Waals surface area contributed by atoms with Crippen LogP contribution in [-0.2, 0) is 4.74 Å². The van der Waals surface area contributed by atoms with E-state index in [0.717, 1.165) is 40.8 Å². The molecule has 9 nitrogen and oxygen atoms in total. The van der Waals surface area contributed by atoms with E-state index in [0.29, 0.717) is 32.1 Å². The van der Waals surface area contributed by atoms with Gasteiger partial charge in [-0.2, -0.15) is 15.1 Å². The van der Waals surface area contributed by atoms with Gasteiger partial charge in [0.2, 0.25) is 0 Å². The molecule has 3 aromatic rings. The number of likely N-dealkylation sites (tertiary alicyclic amines) is 1. The molecule has 2 atom stereocenters. The second-order valence-electron chi connectivity index (χ2n) is 9.19. The first-order valence-corrected chi connectivity index (χ1v) is 11.7. The molecule has 0 saturated carbocycles. The van der Waals surface area contributed by atoms with Crippen LogP contribution in [0.5, 0.6) is 6.01 Å². The van der Waals surface area contributed by atoms with Crippen molar-refractivity contribution in [1.82, 2.24) is 24.6 Å². The van der Waals surface area contributed by atoms with Crippen LogP contribution < -0.4 is 9.64 Å². The minimum absolute atomic E-state index is 0.0104. The third-order valence-electron chi connectivity index (χ3n) is 6.79. The van der Waals surface area contributed by atoms with Crippen LogP contribution in [0.4, 0.5) is 10.2 Å². The zero-order valence-corrected chi connectivity index (χ0v) is 19.8. The number of aromatic nitrogens is 4. The zero-order chi connectivity index (χ0) is 23.8.